The van der Waals surface area contributed by atoms with Crippen LogP contribution in [0.5, 0.6) is 0 Å². The summed E-state index contributed by atoms with van der Waals surface area (Å²) in [5.74, 6) is 1.99. The second kappa shape index (κ2) is 44.3. The summed E-state index contributed by atoms with van der Waals surface area (Å²) in [6.45, 7) is 53.8. The summed E-state index contributed by atoms with van der Waals surface area (Å²) in [6.07, 6.45) is 32.3. The van der Waals surface area contributed by atoms with Crippen LogP contribution in [0.4, 0.5) is 19.2 Å². The Bertz CT molecular complexity index is 2710. The first-order valence-electron chi connectivity index (χ1n) is 46.8. The molecule has 3 unspecified atom stereocenters. The molecule has 2 bridgehead atoms. The second-order valence-electron chi connectivity index (χ2n) is 40.4. The number of piperidine rings is 7. The van der Waals surface area contributed by atoms with E-state index in [4.69, 9.17) is 4.74 Å². The fourth-order valence-electron chi connectivity index (χ4n) is 20.4. The number of hydrogen-bond acceptors (Lipinski definition) is 15. The molecule has 0 aromatic heterocycles. The molecule has 15 fully saturated rings. The number of ether oxygens (including phenoxy) is 1. The standard InChI is InChI=1S/C16H29N3O2.C16H29N3O.C15H27N3O.C15H28N2O.C14H27N3O.C13H26N4O/c1-16(2,3)19-6-4-14(5-7-19)17-15(20)18-8-12-10-21-11-13(12)9-18;1-16(2,3)18-10-8-12(9-11-18)17-15(20)19-13-4-5-14(19)7-6-13;1-12(2)17-8-3-13(4-9-17)16-14(19)18-10-7-15(11-18)5-6-15;1-12(2)17-10-8-14(9-11-17)16-15(18)13-6-4-3-5-7-13;1-11(2)17-9-6-12(7-10-17)16-14(18)13-5-3-4-8-15-13;1-11(2)16-8-4-12(5-9-16)15-13(18)17-7-3-6-14-10-17/h12-14H,4-11H2,1-3H3,(H,17,20);12-14H,4-11H2,1-3H3,(H,17,20);12-13H,3-11H2,1-2H3,(H,16,19);12-14H,3-11H2,1-2H3,(H,16,18);11-13,15H,3-10H2,1-2H3,(H,16,18);11-12,14H,3-10H2,1-2H3,(H,15,18). The number of amides is 10. The highest BCUT2D eigenvalue weighted by Crippen LogP contribution is 2.52. The van der Waals surface area contributed by atoms with Gasteiger partial charge in [0.25, 0.3) is 0 Å². The fourth-order valence-corrected chi connectivity index (χ4v) is 20.4. The van der Waals surface area contributed by atoms with Gasteiger partial charge in [0.15, 0.2) is 0 Å². The minimum Gasteiger partial charge on any atom is -0.381 e. The minimum absolute atomic E-state index is 0.0573. The van der Waals surface area contributed by atoms with E-state index in [9.17, 15) is 28.8 Å². The van der Waals surface area contributed by atoms with E-state index in [0.29, 0.717) is 108 Å². The molecule has 3 atom stereocenters. The molecule has 1 spiro atoms. The highest BCUT2D eigenvalue weighted by Gasteiger charge is 2.49. The molecule has 114 heavy (non-hydrogen) atoms. The molecule has 25 heteroatoms. The van der Waals surface area contributed by atoms with Crippen molar-refractivity contribution in [2.45, 2.75) is 366 Å². The van der Waals surface area contributed by atoms with Gasteiger partial charge in [-0.05, 0) is 270 Å². The molecule has 654 valence electrons. The van der Waals surface area contributed by atoms with Crippen LogP contribution in [0.15, 0.2) is 0 Å². The highest BCUT2D eigenvalue weighted by atomic mass is 16.5. The van der Waals surface area contributed by atoms with Crippen molar-refractivity contribution in [2.24, 2.45) is 23.2 Å². The summed E-state index contributed by atoms with van der Waals surface area (Å²) in [5, 5.41) is 26.0. The number of likely N-dealkylation sites (tertiary alicyclic amines) is 8. The molecule has 13 aliphatic heterocycles. The van der Waals surface area contributed by atoms with E-state index in [1.165, 1.54) is 77.0 Å². The predicted octanol–water partition coefficient (Wildman–Crippen LogP) is 10.7. The zero-order valence-corrected chi connectivity index (χ0v) is 74.4. The Hall–Kier alpha value is -4.34. The summed E-state index contributed by atoms with van der Waals surface area (Å²) in [4.78, 5) is 96.4. The quantitative estimate of drug-likeness (QED) is 0.0907. The van der Waals surface area contributed by atoms with Crippen molar-refractivity contribution >= 4 is 35.9 Å². The van der Waals surface area contributed by atoms with Crippen LogP contribution < -0.4 is 42.5 Å². The Balaban J connectivity index is 0.000000145. The highest BCUT2D eigenvalue weighted by molar-refractivity contribution is 5.82. The molecule has 13 saturated heterocycles. The van der Waals surface area contributed by atoms with Crippen LogP contribution in [0.2, 0.25) is 0 Å². The van der Waals surface area contributed by atoms with E-state index in [1.54, 1.807) is 0 Å². The topological polar surface area (TPSA) is 240 Å². The van der Waals surface area contributed by atoms with Crippen LogP contribution in [0, 0.1) is 23.2 Å². The van der Waals surface area contributed by atoms with Gasteiger partial charge >= 0.3 is 24.1 Å². The first-order chi connectivity index (χ1) is 54.5. The van der Waals surface area contributed by atoms with Gasteiger partial charge in [-0.2, -0.15) is 0 Å². The summed E-state index contributed by atoms with van der Waals surface area (Å²) in [7, 11) is 0. The number of urea groups is 4. The van der Waals surface area contributed by atoms with E-state index in [-0.39, 0.29) is 47.2 Å². The minimum atomic E-state index is 0.0573. The van der Waals surface area contributed by atoms with Gasteiger partial charge in [-0.25, -0.2) is 19.2 Å². The van der Waals surface area contributed by atoms with Crippen molar-refractivity contribution < 1.29 is 33.5 Å². The van der Waals surface area contributed by atoms with Crippen LogP contribution in [0.1, 0.15) is 277 Å². The Morgan fingerprint density at radius 3 is 1.11 bits per heavy atom. The smallest absolute Gasteiger partial charge is 0.318 e. The van der Waals surface area contributed by atoms with Gasteiger partial charge in [0.05, 0.1) is 25.9 Å². The summed E-state index contributed by atoms with van der Waals surface area (Å²) in [5.41, 5.74) is 1.03. The molecule has 0 aromatic rings. The van der Waals surface area contributed by atoms with Crippen molar-refractivity contribution in [3.63, 3.8) is 0 Å². The lowest BCUT2D eigenvalue weighted by Crippen LogP contribution is -2.53. The van der Waals surface area contributed by atoms with Crippen molar-refractivity contribution in [3.8, 4) is 0 Å². The Morgan fingerprint density at radius 2 is 0.746 bits per heavy atom. The molecular weight excluding hydrogens is 1430 g/mol. The lowest BCUT2D eigenvalue weighted by atomic mass is 9.88. The van der Waals surface area contributed by atoms with Gasteiger partial charge in [0, 0.05) is 213 Å². The predicted molar refractivity (Wildman–Crippen MR) is 460 cm³/mol. The maximum absolute atomic E-state index is 12.5. The molecule has 10 amide bonds. The Labute approximate surface area is 691 Å². The Morgan fingerprint density at radius 1 is 0.368 bits per heavy atom. The Kier molecular flexibility index (Phi) is 35.7. The van der Waals surface area contributed by atoms with Crippen LogP contribution in [-0.4, -0.2) is 319 Å². The molecule has 13 heterocycles. The number of nitrogens with zero attached hydrogens (tertiary/aromatic N) is 10. The molecule has 0 radical (unpaired) electrons. The lowest BCUT2D eigenvalue weighted by Gasteiger charge is -2.41. The zero-order chi connectivity index (χ0) is 81.7. The van der Waals surface area contributed by atoms with Gasteiger partial charge < -0.3 is 81.2 Å². The van der Waals surface area contributed by atoms with Crippen molar-refractivity contribution in [2.75, 3.05) is 144 Å². The van der Waals surface area contributed by atoms with Gasteiger partial charge in [-0.3, -0.25) is 24.7 Å². The molecule has 25 nitrogen and oxygen atoms in total. The summed E-state index contributed by atoms with van der Waals surface area (Å²) >= 11 is 0. The van der Waals surface area contributed by atoms with E-state index in [2.05, 4.69) is 174 Å². The molecule has 2 aliphatic carbocycles. The fraction of sp³-hybridized carbons (Fsp3) is 0.933. The van der Waals surface area contributed by atoms with E-state index in [0.717, 1.165) is 240 Å². The largest absolute Gasteiger partial charge is 0.381 e. The third-order valence-corrected chi connectivity index (χ3v) is 28.8. The van der Waals surface area contributed by atoms with Crippen LogP contribution in [0.3, 0.4) is 0 Å². The van der Waals surface area contributed by atoms with Crippen LogP contribution >= 0.6 is 0 Å². The average Bonchev–Trinajstić information content (AvgIpc) is 1.64. The number of nitrogens with one attached hydrogen (secondary N) is 8. The third-order valence-electron chi connectivity index (χ3n) is 28.8. The lowest BCUT2D eigenvalue weighted by molar-refractivity contribution is -0.127. The maximum atomic E-state index is 12.5. The van der Waals surface area contributed by atoms with Gasteiger partial charge in [-0.1, -0.05) is 25.7 Å². The van der Waals surface area contributed by atoms with E-state index >= 15 is 0 Å². The number of carbonyl (C=O) groups excluding carboxylic acids is 6. The molecule has 0 aromatic carbocycles. The zero-order valence-electron chi connectivity index (χ0n) is 74.4. The van der Waals surface area contributed by atoms with Gasteiger partial charge in [-0.15, -0.1) is 0 Å². The molecule has 8 N–H and O–H groups in total. The third kappa shape index (κ3) is 28.4. The van der Waals surface area contributed by atoms with Crippen LogP contribution in [0.25, 0.3) is 0 Å². The molecule has 15 aliphatic rings. The van der Waals surface area contributed by atoms with Gasteiger partial charge in [0.1, 0.15) is 0 Å². The molecule has 2 saturated carbocycles. The summed E-state index contributed by atoms with van der Waals surface area (Å²) in [6, 6.07) is 6.55. The SMILES string of the molecule is CC(C)(C)N1CCC(NC(=O)N2C3CCC2CC3)CC1.CC(C)(C)N1CCC(NC(=O)N2CC3COCC3C2)CC1.CC(C)N1CCC(NC(=O)C2CCCCC2)CC1.CC(C)N1CCC(NC(=O)C2CCCCN2)CC1.CC(C)N1CCC(NC(=O)N2CCC3(CC3)C2)CC1.CC(C)N1CCC(NC(=O)N2CCCNC2)CC1. The number of rotatable bonds is 12. The number of carbonyl (C=O) groups is 6. The van der Waals surface area contributed by atoms with Crippen molar-refractivity contribution in [1.29, 1.82) is 0 Å². The second-order valence-corrected chi connectivity index (χ2v) is 40.4. The summed E-state index contributed by atoms with van der Waals surface area (Å²) < 4.78 is 5.47. The molecule has 15 rings (SSSR count). The van der Waals surface area contributed by atoms with Crippen LogP contribution in [-0.2, 0) is 14.3 Å². The van der Waals surface area contributed by atoms with Crippen molar-refractivity contribution in [1.82, 2.24) is 91.5 Å². The monoisotopic (exact) mass is 1600 g/mol. The molecular formula is C89H166N18O7. The van der Waals surface area contributed by atoms with Crippen molar-refractivity contribution in [3.05, 3.63) is 0 Å². The first kappa shape index (κ1) is 92.0. The normalized spacial score (nSPS) is 27.8. The average molecular weight is 1600 g/mol. The number of fused-ring (bicyclic) bond motifs is 3. The first-order valence-corrected chi connectivity index (χ1v) is 46.8. The maximum Gasteiger partial charge on any atom is 0.318 e. The van der Waals surface area contributed by atoms with E-state index < -0.39 is 0 Å². The number of hydrogen-bond donors (Lipinski definition) is 8. The van der Waals surface area contributed by atoms with Gasteiger partial charge in [0.2, 0.25) is 11.8 Å². The van der Waals surface area contributed by atoms with E-state index in [1.807, 2.05) is 14.7 Å².